The van der Waals surface area contributed by atoms with E-state index in [2.05, 4.69) is 12.2 Å². The zero-order valence-corrected chi connectivity index (χ0v) is 9.64. The Bertz CT molecular complexity index is 480. The lowest BCUT2D eigenvalue weighted by Gasteiger charge is -2.38. The van der Waals surface area contributed by atoms with E-state index in [1.165, 1.54) is 0 Å². The van der Waals surface area contributed by atoms with E-state index in [9.17, 15) is 19.8 Å². The normalized spacial score (nSPS) is 64.2. The highest BCUT2D eigenvalue weighted by Gasteiger charge is 2.82. The molecule has 0 spiro atoms. The average molecular weight is 246 g/mol. The zero-order chi connectivity index (χ0) is 12.3. The van der Waals surface area contributed by atoms with Crippen LogP contribution >= 0.6 is 0 Å². The molecule has 2 unspecified atom stereocenters. The van der Waals surface area contributed by atoms with Crippen LogP contribution in [0.4, 0.5) is 0 Å². The minimum absolute atomic E-state index is 0.148. The largest absolute Gasteiger partial charge is 0.481 e. The van der Waals surface area contributed by atoms with E-state index < -0.39 is 23.8 Å². The van der Waals surface area contributed by atoms with Crippen molar-refractivity contribution in [2.45, 2.75) is 0 Å². The van der Waals surface area contributed by atoms with Crippen molar-refractivity contribution in [3.8, 4) is 0 Å². The van der Waals surface area contributed by atoms with Crippen LogP contribution in [0.3, 0.4) is 0 Å². The van der Waals surface area contributed by atoms with Crippen molar-refractivity contribution in [2.24, 2.45) is 59.2 Å². The predicted octanol–water partition coefficient (Wildman–Crippen LogP) is 0.942. The van der Waals surface area contributed by atoms with Crippen molar-refractivity contribution in [1.82, 2.24) is 0 Å². The van der Waals surface area contributed by atoms with Crippen molar-refractivity contribution in [3.63, 3.8) is 0 Å². The van der Waals surface area contributed by atoms with Crippen LogP contribution in [0.25, 0.3) is 0 Å². The number of rotatable bonds is 2. The maximum Gasteiger partial charge on any atom is 0.307 e. The molecule has 0 aromatic carbocycles. The van der Waals surface area contributed by atoms with E-state index in [0.29, 0.717) is 35.5 Å². The molecule has 0 amide bonds. The molecule has 10 atom stereocenters. The van der Waals surface area contributed by atoms with Crippen LogP contribution in [-0.2, 0) is 9.59 Å². The Hall–Kier alpha value is -1.32. The highest BCUT2D eigenvalue weighted by Crippen LogP contribution is 2.82. The number of hydrogen-bond donors (Lipinski definition) is 2. The second kappa shape index (κ2) is 2.51. The molecule has 0 aromatic heterocycles. The number of allylic oxidation sites excluding steroid dienone is 2. The summed E-state index contributed by atoms with van der Waals surface area (Å²) in [4.78, 5) is 22.9. The fourth-order valence-corrected chi connectivity index (χ4v) is 6.95. The monoisotopic (exact) mass is 246 g/mol. The average Bonchev–Trinajstić information content (AvgIpc) is 3.07. The summed E-state index contributed by atoms with van der Waals surface area (Å²) in [7, 11) is 0. The van der Waals surface area contributed by atoms with Crippen molar-refractivity contribution in [1.29, 1.82) is 0 Å². The van der Waals surface area contributed by atoms with Crippen LogP contribution in [0.2, 0.25) is 0 Å². The maximum absolute atomic E-state index is 11.5. The predicted molar refractivity (Wildman–Crippen MR) is 59.3 cm³/mol. The topological polar surface area (TPSA) is 74.6 Å². The van der Waals surface area contributed by atoms with Crippen LogP contribution < -0.4 is 0 Å². The van der Waals surface area contributed by atoms with Crippen molar-refractivity contribution < 1.29 is 19.8 Å². The highest BCUT2D eigenvalue weighted by atomic mass is 16.4. The minimum atomic E-state index is -0.884. The third kappa shape index (κ3) is 0.677. The minimum Gasteiger partial charge on any atom is -0.481 e. The molecule has 6 aliphatic rings. The molecule has 8 bridgehead atoms. The lowest BCUT2D eigenvalue weighted by molar-refractivity contribution is -0.159. The van der Waals surface area contributed by atoms with Gasteiger partial charge in [-0.3, -0.25) is 9.59 Å². The quantitative estimate of drug-likeness (QED) is 0.711. The Morgan fingerprint density at radius 3 is 1.50 bits per heavy atom. The molecule has 0 saturated heterocycles. The molecule has 0 heterocycles. The van der Waals surface area contributed by atoms with E-state index in [-0.39, 0.29) is 11.8 Å². The molecule has 18 heavy (non-hydrogen) atoms. The Balaban J connectivity index is 1.67. The smallest absolute Gasteiger partial charge is 0.307 e. The van der Waals surface area contributed by atoms with Gasteiger partial charge in [-0.25, -0.2) is 0 Å². The first-order valence-corrected chi connectivity index (χ1v) is 6.77. The molecule has 4 heteroatoms. The summed E-state index contributed by atoms with van der Waals surface area (Å²) in [6, 6.07) is 0. The molecule has 0 aliphatic heterocycles. The molecule has 5 saturated carbocycles. The van der Waals surface area contributed by atoms with E-state index in [1.807, 2.05) is 0 Å². The van der Waals surface area contributed by atoms with Crippen LogP contribution in [0.1, 0.15) is 0 Å². The van der Waals surface area contributed by atoms with Crippen molar-refractivity contribution in [3.05, 3.63) is 12.2 Å². The Kier molecular flexibility index (Phi) is 1.34. The SMILES string of the molecule is O=C(O)[C@H]1[C@H](C(=O)O)[C@@H]2C3C4[C@@H]5C=C[C@@H]4[C@@H]([C@H]31)[C@@H]25. The summed E-state index contributed by atoms with van der Waals surface area (Å²) in [5.74, 6) is 0.353. The molecule has 2 N–H and O–H groups in total. The summed E-state index contributed by atoms with van der Waals surface area (Å²) >= 11 is 0. The molecule has 6 rings (SSSR count). The number of carboxylic acids is 2. The first-order valence-electron chi connectivity index (χ1n) is 6.77. The first-order chi connectivity index (χ1) is 8.63. The van der Waals surface area contributed by atoms with Crippen molar-refractivity contribution in [2.75, 3.05) is 0 Å². The highest BCUT2D eigenvalue weighted by molar-refractivity contribution is 5.82. The summed E-state index contributed by atoms with van der Waals surface area (Å²) in [5, 5.41) is 18.8. The van der Waals surface area contributed by atoms with Gasteiger partial charge >= 0.3 is 11.9 Å². The van der Waals surface area contributed by atoms with Crippen LogP contribution in [0.5, 0.6) is 0 Å². The number of carboxylic acid groups (broad SMARTS) is 2. The number of carbonyl (C=O) groups is 2. The van der Waals surface area contributed by atoms with Gasteiger partial charge in [0.15, 0.2) is 0 Å². The molecule has 6 aliphatic carbocycles. The summed E-state index contributed by atoms with van der Waals surface area (Å²) in [6.45, 7) is 0. The van der Waals surface area contributed by atoms with Crippen LogP contribution in [-0.4, -0.2) is 22.2 Å². The van der Waals surface area contributed by atoms with Crippen molar-refractivity contribution >= 4 is 11.9 Å². The number of aliphatic carboxylic acids is 2. The maximum atomic E-state index is 11.5. The molecule has 0 aromatic rings. The Morgan fingerprint density at radius 1 is 0.667 bits per heavy atom. The van der Waals surface area contributed by atoms with Gasteiger partial charge in [0.2, 0.25) is 0 Å². The summed E-state index contributed by atoms with van der Waals surface area (Å²) < 4.78 is 0. The van der Waals surface area contributed by atoms with Gasteiger partial charge in [0.25, 0.3) is 0 Å². The second-order valence-corrected chi connectivity index (χ2v) is 6.73. The van der Waals surface area contributed by atoms with Gasteiger partial charge in [-0.1, -0.05) is 12.2 Å². The standard InChI is InChI=1S/C14H14O4/c15-13(16)11-9-6-3-1-2-4-5(3)8(9)10(7(4)6)12(11)14(17)18/h1-12H,(H,15,16)(H,17,18)/t3-,4-,5?,6-,7+,8?,9-,10+,11+,12+/m0/s1. The van der Waals surface area contributed by atoms with E-state index >= 15 is 0 Å². The van der Waals surface area contributed by atoms with Gasteiger partial charge < -0.3 is 10.2 Å². The van der Waals surface area contributed by atoms with Gasteiger partial charge in [0.05, 0.1) is 11.8 Å². The van der Waals surface area contributed by atoms with Crippen LogP contribution in [0, 0.1) is 59.2 Å². The van der Waals surface area contributed by atoms with E-state index in [1.54, 1.807) is 0 Å². The third-order valence-corrected chi connectivity index (χ3v) is 6.79. The molecular weight excluding hydrogens is 232 g/mol. The van der Waals surface area contributed by atoms with Gasteiger partial charge in [-0.2, -0.15) is 0 Å². The first kappa shape index (κ1) is 9.59. The van der Waals surface area contributed by atoms with E-state index in [4.69, 9.17) is 0 Å². The van der Waals surface area contributed by atoms with Gasteiger partial charge in [0.1, 0.15) is 0 Å². The second-order valence-electron chi connectivity index (χ2n) is 6.73. The molecule has 4 nitrogen and oxygen atoms in total. The number of hydrogen-bond acceptors (Lipinski definition) is 2. The fraction of sp³-hybridized carbons (Fsp3) is 0.714. The lowest BCUT2D eigenvalue weighted by atomic mass is 9.65. The third-order valence-electron chi connectivity index (χ3n) is 6.79. The van der Waals surface area contributed by atoms with E-state index in [0.717, 1.165) is 0 Å². The molecule has 94 valence electrons. The van der Waals surface area contributed by atoms with Gasteiger partial charge in [-0.15, -0.1) is 0 Å². The fourth-order valence-electron chi connectivity index (χ4n) is 6.95. The molecule has 0 radical (unpaired) electrons. The Labute approximate surface area is 104 Å². The molecular formula is C14H14O4. The van der Waals surface area contributed by atoms with Gasteiger partial charge in [0, 0.05) is 0 Å². The summed E-state index contributed by atoms with van der Waals surface area (Å²) in [6.07, 6.45) is 4.56. The van der Waals surface area contributed by atoms with Gasteiger partial charge in [-0.05, 0) is 47.3 Å². The van der Waals surface area contributed by atoms with Crippen LogP contribution in [0.15, 0.2) is 12.2 Å². The Morgan fingerprint density at radius 2 is 1.11 bits per heavy atom. The zero-order valence-electron chi connectivity index (χ0n) is 9.64. The summed E-state index contributed by atoms with van der Waals surface area (Å²) in [5.41, 5.74) is 0. The molecule has 5 fully saturated rings. The lowest BCUT2D eigenvalue weighted by Crippen LogP contribution is -2.43.